The van der Waals surface area contributed by atoms with E-state index >= 15 is 0 Å². The van der Waals surface area contributed by atoms with E-state index in [0.29, 0.717) is 4.47 Å². The van der Waals surface area contributed by atoms with Crippen LogP contribution in [0.25, 0.3) is 0 Å². The van der Waals surface area contributed by atoms with Gasteiger partial charge in [-0.15, -0.1) is 0 Å². The second-order valence-corrected chi connectivity index (χ2v) is 7.53. The quantitative estimate of drug-likeness (QED) is 0.793. The van der Waals surface area contributed by atoms with E-state index in [1.54, 1.807) is 12.1 Å². The molecule has 2 rings (SSSR count). The topological polar surface area (TPSA) is 46.2 Å². The van der Waals surface area contributed by atoms with Crippen molar-refractivity contribution in [2.24, 2.45) is 0 Å². The highest BCUT2D eigenvalue weighted by atomic mass is 79.9. The predicted molar refractivity (Wildman–Crippen MR) is 83.8 cm³/mol. The van der Waals surface area contributed by atoms with Gasteiger partial charge in [-0.05, 0) is 74.7 Å². The van der Waals surface area contributed by atoms with Gasteiger partial charge in [-0.25, -0.2) is 12.8 Å². The lowest BCUT2D eigenvalue weighted by Gasteiger charge is -2.10. The van der Waals surface area contributed by atoms with Gasteiger partial charge >= 0.3 is 0 Å². The van der Waals surface area contributed by atoms with Crippen molar-refractivity contribution in [1.29, 1.82) is 0 Å². The van der Waals surface area contributed by atoms with E-state index < -0.39 is 15.8 Å². The van der Waals surface area contributed by atoms with Crippen molar-refractivity contribution >= 4 is 47.6 Å². The zero-order chi connectivity index (χ0) is 14.9. The van der Waals surface area contributed by atoms with Gasteiger partial charge in [0.05, 0.1) is 10.2 Å². The van der Waals surface area contributed by atoms with Crippen molar-refractivity contribution in [2.45, 2.75) is 11.8 Å². The van der Waals surface area contributed by atoms with Crippen LogP contribution in [0.2, 0.25) is 0 Å². The number of hydrogen-bond acceptors (Lipinski definition) is 2. The Labute approximate surface area is 133 Å². The summed E-state index contributed by atoms with van der Waals surface area (Å²) < 4.78 is 40.8. The molecule has 0 radical (unpaired) electrons. The SMILES string of the molecule is Cc1ccc(S(=O)(=O)Nc2ccc(F)c(Br)c2)c(Br)c1. The summed E-state index contributed by atoms with van der Waals surface area (Å²) in [5, 5.41) is 0. The van der Waals surface area contributed by atoms with E-state index in [1.807, 2.05) is 6.92 Å². The van der Waals surface area contributed by atoms with Crippen LogP contribution in [0.5, 0.6) is 0 Å². The molecule has 0 atom stereocenters. The van der Waals surface area contributed by atoms with Crippen molar-refractivity contribution in [2.75, 3.05) is 4.72 Å². The molecule has 0 bridgehead atoms. The van der Waals surface area contributed by atoms with Crippen LogP contribution in [0.15, 0.2) is 50.2 Å². The van der Waals surface area contributed by atoms with Crippen LogP contribution in [-0.4, -0.2) is 8.42 Å². The zero-order valence-corrected chi connectivity index (χ0v) is 14.3. The first-order valence-corrected chi connectivity index (χ1v) is 8.60. The van der Waals surface area contributed by atoms with Crippen molar-refractivity contribution < 1.29 is 12.8 Å². The minimum absolute atomic E-state index is 0.128. The first kappa shape index (κ1) is 15.5. The summed E-state index contributed by atoms with van der Waals surface area (Å²) in [5.41, 5.74) is 1.23. The highest BCUT2D eigenvalue weighted by Gasteiger charge is 2.18. The van der Waals surface area contributed by atoms with Crippen LogP contribution in [0, 0.1) is 12.7 Å². The molecule has 2 aromatic rings. The summed E-state index contributed by atoms with van der Waals surface area (Å²) in [5.74, 6) is -0.454. The summed E-state index contributed by atoms with van der Waals surface area (Å²) in [6.45, 7) is 1.87. The second-order valence-electron chi connectivity index (χ2n) is 4.17. The van der Waals surface area contributed by atoms with Crippen LogP contribution in [0.1, 0.15) is 5.56 Å². The van der Waals surface area contributed by atoms with Gasteiger partial charge in [0.25, 0.3) is 10.0 Å². The lowest BCUT2D eigenvalue weighted by atomic mass is 10.2. The molecule has 0 fully saturated rings. The van der Waals surface area contributed by atoms with Crippen LogP contribution in [0.4, 0.5) is 10.1 Å². The molecule has 0 aliphatic rings. The third-order valence-electron chi connectivity index (χ3n) is 2.55. The Hall–Kier alpha value is -0.920. The molecule has 1 N–H and O–H groups in total. The molecule has 0 heterocycles. The molecular formula is C13H10Br2FNO2S. The number of benzene rings is 2. The Morgan fingerprint density at radius 3 is 2.35 bits per heavy atom. The van der Waals surface area contributed by atoms with E-state index in [4.69, 9.17) is 0 Å². The molecule has 106 valence electrons. The van der Waals surface area contributed by atoms with E-state index in [1.165, 1.54) is 24.3 Å². The highest BCUT2D eigenvalue weighted by molar-refractivity contribution is 9.10. The maximum atomic E-state index is 13.1. The minimum Gasteiger partial charge on any atom is -0.280 e. The van der Waals surface area contributed by atoms with Crippen molar-refractivity contribution in [3.63, 3.8) is 0 Å². The van der Waals surface area contributed by atoms with Gasteiger partial charge in [-0.3, -0.25) is 4.72 Å². The maximum absolute atomic E-state index is 13.1. The summed E-state index contributed by atoms with van der Waals surface area (Å²) in [6.07, 6.45) is 0. The Morgan fingerprint density at radius 2 is 1.75 bits per heavy atom. The van der Waals surface area contributed by atoms with E-state index in [2.05, 4.69) is 36.6 Å². The normalized spacial score (nSPS) is 11.4. The fourth-order valence-corrected chi connectivity index (χ4v) is 4.21. The van der Waals surface area contributed by atoms with Gasteiger partial charge in [0.2, 0.25) is 0 Å². The standard InChI is InChI=1S/C13H10Br2FNO2S/c1-8-2-5-13(11(15)6-8)20(18,19)17-9-3-4-12(16)10(14)7-9/h2-7,17H,1H3. The summed E-state index contributed by atoms with van der Waals surface area (Å²) in [6, 6.07) is 8.86. The number of nitrogens with one attached hydrogen (secondary N) is 1. The molecule has 0 saturated heterocycles. The highest BCUT2D eigenvalue weighted by Crippen LogP contribution is 2.26. The van der Waals surface area contributed by atoms with Crippen molar-refractivity contribution in [3.05, 3.63) is 56.7 Å². The molecule has 0 amide bonds. The number of halogens is 3. The Morgan fingerprint density at radius 1 is 1.05 bits per heavy atom. The third-order valence-corrected chi connectivity index (χ3v) is 5.51. The molecule has 7 heteroatoms. The third kappa shape index (κ3) is 3.39. The van der Waals surface area contributed by atoms with E-state index in [0.717, 1.165) is 5.56 Å². The Balaban J connectivity index is 2.38. The second kappa shape index (κ2) is 5.83. The number of aryl methyl sites for hydroxylation is 1. The molecular weight excluding hydrogens is 413 g/mol. The summed E-state index contributed by atoms with van der Waals surface area (Å²) in [4.78, 5) is 0.128. The monoisotopic (exact) mass is 421 g/mol. The fourth-order valence-electron chi connectivity index (χ4n) is 1.59. The van der Waals surface area contributed by atoms with Crippen molar-refractivity contribution in [1.82, 2.24) is 0 Å². The van der Waals surface area contributed by atoms with Crippen LogP contribution in [0.3, 0.4) is 0 Å². The number of rotatable bonds is 3. The molecule has 0 aliphatic carbocycles. The molecule has 0 saturated carbocycles. The van der Waals surface area contributed by atoms with Gasteiger partial charge in [-0.1, -0.05) is 6.07 Å². The first-order chi connectivity index (χ1) is 9.29. The van der Waals surface area contributed by atoms with Gasteiger partial charge < -0.3 is 0 Å². The zero-order valence-electron chi connectivity index (χ0n) is 10.3. The van der Waals surface area contributed by atoms with E-state index in [9.17, 15) is 12.8 Å². The maximum Gasteiger partial charge on any atom is 0.263 e. The molecule has 2 aromatic carbocycles. The summed E-state index contributed by atoms with van der Waals surface area (Å²) >= 11 is 6.25. The number of sulfonamides is 1. The lowest BCUT2D eigenvalue weighted by Crippen LogP contribution is -2.13. The first-order valence-electron chi connectivity index (χ1n) is 5.53. The summed E-state index contributed by atoms with van der Waals surface area (Å²) in [7, 11) is -3.73. The average molecular weight is 423 g/mol. The van der Waals surface area contributed by atoms with Gasteiger partial charge in [-0.2, -0.15) is 0 Å². The van der Waals surface area contributed by atoms with Crippen LogP contribution >= 0.6 is 31.9 Å². The van der Waals surface area contributed by atoms with Gasteiger partial charge in [0, 0.05) is 4.47 Å². The fraction of sp³-hybridized carbons (Fsp3) is 0.0769. The molecule has 3 nitrogen and oxygen atoms in total. The van der Waals surface area contributed by atoms with Crippen molar-refractivity contribution in [3.8, 4) is 0 Å². The van der Waals surface area contributed by atoms with Gasteiger partial charge in [0.15, 0.2) is 0 Å². The largest absolute Gasteiger partial charge is 0.280 e. The smallest absolute Gasteiger partial charge is 0.263 e. The van der Waals surface area contributed by atoms with Crippen LogP contribution < -0.4 is 4.72 Å². The molecule has 0 spiro atoms. The van der Waals surface area contributed by atoms with Gasteiger partial charge in [0.1, 0.15) is 10.7 Å². The Bertz CT molecular complexity index is 763. The minimum atomic E-state index is -3.73. The molecule has 0 aliphatic heterocycles. The molecule has 0 aromatic heterocycles. The number of hydrogen-bond donors (Lipinski definition) is 1. The molecule has 0 unspecified atom stereocenters. The predicted octanol–water partition coefficient (Wildman–Crippen LogP) is 4.46. The lowest BCUT2D eigenvalue weighted by molar-refractivity contribution is 0.600. The average Bonchev–Trinajstić information content (AvgIpc) is 2.33. The number of anilines is 1. The Kier molecular flexibility index (Phi) is 4.51. The van der Waals surface area contributed by atoms with Crippen LogP contribution in [-0.2, 0) is 10.0 Å². The molecule has 20 heavy (non-hydrogen) atoms. The van der Waals surface area contributed by atoms with E-state index in [-0.39, 0.29) is 15.1 Å².